The Morgan fingerprint density at radius 1 is 0.289 bits per heavy atom. The maximum absolute atomic E-state index is 8.81. The maximum atomic E-state index is 8.81. The molecule has 0 atom stereocenters. The fourth-order valence-corrected chi connectivity index (χ4v) is 5.44. The van der Waals surface area contributed by atoms with Crippen molar-refractivity contribution < 1.29 is 10.2 Å². The molecule has 2 aromatic carbocycles. The van der Waals surface area contributed by atoms with Crippen molar-refractivity contribution in [3.63, 3.8) is 0 Å². The lowest BCUT2D eigenvalue weighted by molar-refractivity contribution is 0.282. The number of unbranched alkanes of at least 4 members (excludes halogenated alkanes) is 18. The van der Waals surface area contributed by atoms with E-state index in [0.717, 1.165) is 12.8 Å². The molecule has 2 rings (SSSR count). The summed E-state index contributed by atoms with van der Waals surface area (Å²) in [6.07, 6.45) is 28.2. The number of hydrogen-bond acceptors (Lipinski definition) is 2. The van der Waals surface area contributed by atoms with Gasteiger partial charge in [0.2, 0.25) is 0 Å². The van der Waals surface area contributed by atoms with E-state index in [1.807, 2.05) is 0 Å². The Bertz CT molecular complexity index is 697. The topological polar surface area (TPSA) is 40.5 Å². The first-order valence-electron chi connectivity index (χ1n) is 16.2. The molecule has 38 heavy (non-hydrogen) atoms. The van der Waals surface area contributed by atoms with Gasteiger partial charge in [-0.05, 0) is 60.8 Å². The molecule has 0 saturated carbocycles. The van der Waals surface area contributed by atoms with Crippen molar-refractivity contribution in [2.24, 2.45) is 0 Å². The molecule has 0 radical (unpaired) electrons. The van der Waals surface area contributed by atoms with Crippen LogP contribution in [0.15, 0.2) is 48.5 Å². The van der Waals surface area contributed by atoms with Crippen LogP contribution in [0.3, 0.4) is 0 Å². The molecule has 0 aliphatic carbocycles. The Balaban J connectivity index is 1.50. The molecular formula is C36H58O2. The summed E-state index contributed by atoms with van der Waals surface area (Å²) in [6.45, 7) is 0.706. The van der Waals surface area contributed by atoms with Gasteiger partial charge >= 0.3 is 0 Å². The fraction of sp³-hybridized carbons (Fsp3) is 0.667. The predicted octanol–water partition coefficient (Wildman–Crippen LogP) is 10.2. The lowest BCUT2D eigenvalue weighted by Gasteiger charge is -2.07. The Morgan fingerprint density at radius 3 is 0.789 bits per heavy atom. The summed E-state index contributed by atoms with van der Waals surface area (Å²) in [5, 5.41) is 17.6. The second-order valence-electron chi connectivity index (χ2n) is 11.4. The molecule has 2 aromatic rings. The average molecular weight is 523 g/mol. The summed E-state index contributed by atoms with van der Waals surface area (Å²) in [4.78, 5) is 0. The minimum atomic E-state index is 0.353. The molecule has 0 spiro atoms. The van der Waals surface area contributed by atoms with Crippen LogP contribution in [0.4, 0.5) is 0 Å². The SMILES string of the molecule is OCCCCCCCCCCCCc1ccc(-c2ccc(CCCCCCCCCCCCO)cc2)cc1. The highest BCUT2D eigenvalue weighted by Gasteiger charge is 2.01. The van der Waals surface area contributed by atoms with Gasteiger partial charge in [-0.3, -0.25) is 0 Å². The summed E-state index contributed by atoms with van der Waals surface area (Å²) in [7, 11) is 0. The van der Waals surface area contributed by atoms with Crippen molar-refractivity contribution in [3.8, 4) is 11.1 Å². The molecule has 0 heterocycles. The van der Waals surface area contributed by atoms with Crippen molar-refractivity contribution in [3.05, 3.63) is 59.7 Å². The van der Waals surface area contributed by atoms with Crippen molar-refractivity contribution in [2.75, 3.05) is 13.2 Å². The van der Waals surface area contributed by atoms with Crippen LogP contribution in [-0.2, 0) is 12.8 Å². The smallest absolute Gasteiger partial charge is 0.0431 e. The standard InChI is InChI=1S/C36H58O2/c37-31-19-15-11-7-3-1-5-9-13-17-21-33-23-27-35(28-24-33)36-29-25-34(26-30-36)22-18-14-10-6-2-4-8-12-16-20-32-38/h23-30,37-38H,1-22,31-32H2. The van der Waals surface area contributed by atoms with Crippen LogP contribution in [-0.4, -0.2) is 23.4 Å². The van der Waals surface area contributed by atoms with Crippen LogP contribution in [0.25, 0.3) is 11.1 Å². The van der Waals surface area contributed by atoms with Gasteiger partial charge in [-0.1, -0.05) is 151 Å². The monoisotopic (exact) mass is 522 g/mol. The van der Waals surface area contributed by atoms with Crippen LogP contribution >= 0.6 is 0 Å². The van der Waals surface area contributed by atoms with Gasteiger partial charge in [-0.25, -0.2) is 0 Å². The first-order chi connectivity index (χ1) is 18.8. The Kier molecular flexibility index (Phi) is 19.9. The third-order valence-electron chi connectivity index (χ3n) is 7.99. The molecule has 0 aliphatic heterocycles. The molecule has 0 unspecified atom stereocenters. The van der Waals surface area contributed by atoms with Crippen LogP contribution in [0.5, 0.6) is 0 Å². The summed E-state index contributed by atoms with van der Waals surface area (Å²) in [5.74, 6) is 0. The molecule has 0 saturated heterocycles. The number of aryl methyl sites for hydroxylation is 2. The summed E-state index contributed by atoms with van der Waals surface area (Å²) < 4.78 is 0. The van der Waals surface area contributed by atoms with Crippen LogP contribution in [0.2, 0.25) is 0 Å². The van der Waals surface area contributed by atoms with Gasteiger partial charge in [0, 0.05) is 13.2 Å². The molecule has 0 fully saturated rings. The highest BCUT2D eigenvalue weighted by molar-refractivity contribution is 5.63. The number of hydrogen-bond donors (Lipinski definition) is 2. The number of benzene rings is 2. The third-order valence-corrected chi connectivity index (χ3v) is 7.99. The van der Waals surface area contributed by atoms with Gasteiger partial charge in [0.05, 0.1) is 0 Å². The molecule has 0 bridgehead atoms. The minimum Gasteiger partial charge on any atom is -0.396 e. The zero-order chi connectivity index (χ0) is 26.9. The normalized spacial score (nSPS) is 11.3. The van der Waals surface area contributed by atoms with Crippen LogP contribution < -0.4 is 0 Å². The van der Waals surface area contributed by atoms with E-state index in [-0.39, 0.29) is 0 Å². The fourth-order valence-electron chi connectivity index (χ4n) is 5.44. The van der Waals surface area contributed by atoms with E-state index >= 15 is 0 Å². The predicted molar refractivity (Wildman–Crippen MR) is 166 cm³/mol. The van der Waals surface area contributed by atoms with Crippen molar-refractivity contribution >= 4 is 0 Å². The molecule has 0 aromatic heterocycles. The summed E-state index contributed by atoms with van der Waals surface area (Å²) >= 11 is 0. The van der Waals surface area contributed by atoms with Gasteiger partial charge in [0.15, 0.2) is 0 Å². The van der Waals surface area contributed by atoms with Crippen LogP contribution in [0.1, 0.15) is 140 Å². The summed E-state index contributed by atoms with van der Waals surface area (Å²) in [5.41, 5.74) is 5.60. The molecular weight excluding hydrogens is 464 g/mol. The highest BCUT2D eigenvalue weighted by Crippen LogP contribution is 2.22. The largest absolute Gasteiger partial charge is 0.396 e. The van der Waals surface area contributed by atoms with E-state index in [1.54, 1.807) is 0 Å². The van der Waals surface area contributed by atoms with Gasteiger partial charge in [0.1, 0.15) is 0 Å². The zero-order valence-electron chi connectivity index (χ0n) is 24.5. The molecule has 2 nitrogen and oxygen atoms in total. The quantitative estimate of drug-likeness (QED) is 0.127. The third kappa shape index (κ3) is 16.4. The van der Waals surface area contributed by atoms with E-state index in [0.29, 0.717) is 13.2 Å². The molecule has 0 amide bonds. The van der Waals surface area contributed by atoms with Crippen molar-refractivity contribution in [1.82, 2.24) is 0 Å². The number of aliphatic hydroxyl groups is 2. The van der Waals surface area contributed by atoms with Gasteiger partial charge in [-0.15, -0.1) is 0 Å². The second kappa shape index (κ2) is 23.3. The Hall–Kier alpha value is -1.64. The van der Waals surface area contributed by atoms with Gasteiger partial charge in [-0.2, -0.15) is 0 Å². The zero-order valence-corrected chi connectivity index (χ0v) is 24.5. The van der Waals surface area contributed by atoms with E-state index < -0.39 is 0 Å². The minimum absolute atomic E-state index is 0.353. The first-order valence-corrected chi connectivity index (χ1v) is 16.2. The Labute approximate surface area is 235 Å². The molecule has 214 valence electrons. The number of rotatable bonds is 25. The van der Waals surface area contributed by atoms with Crippen molar-refractivity contribution in [2.45, 2.75) is 141 Å². The molecule has 2 N–H and O–H groups in total. The van der Waals surface area contributed by atoms with Crippen LogP contribution in [0, 0.1) is 0 Å². The van der Waals surface area contributed by atoms with E-state index in [4.69, 9.17) is 10.2 Å². The van der Waals surface area contributed by atoms with E-state index in [2.05, 4.69) is 48.5 Å². The Morgan fingerprint density at radius 2 is 0.526 bits per heavy atom. The lowest BCUT2D eigenvalue weighted by atomic mass is 9.98. The van der Waals surface area contributed by atoms with Gasteiger partial charge < -0.3 is 10.2 Å². The first kappa shape index (κ1) is 32.6. The van der Waals surface area contributed by atoms with E-state index in [9.17, 15) is 0 Å². The highest BCUT2D eigenvalue weighted by atomic mass is 16.3. The van der Waals surface area contributed by atoms with E-state index in [1.165, 1.54) is 151 Å². The average Bonchev–Trinajstić information content (AvgIpc) is 2.95. The van der Waals surface area contributed by atoms with Gasteiger partial charge in [0.25, 0.3) is 0 Å². The maximum Gasteiger partial charge on any atom is 0.0431 e. The second-order valence-corrected chi connectivity index (χ2v) is 11.4. The van der Waals surface area contributed by atoms with Crippen molar-refractivity contribution in [1.29, 1.82) is 0 Å². The number of aliphatic hydroxyl groups excluding tert-OH is 2. The lowest BCUT2D eigenvalue weighted by Crippen LogP contribution is -1.89. The summed E-state index contributed by atoms with van der Waals surface area (Å²) in [6, 6.07) is 18.5. The molecule has 2 heteroatoms. The molecule has 0 aliphatic rings.